The molecule has 2 aliphatic heterocycles. The van der Waals surface area contributed by atoms with Crippen molar-refractivity contribution in [3.8, 4) is 0 Å². The highest BCUT2D eigenvalue weighted by Crippen LogP contribution is 2.51. The van der Waals surface area contributed by atoms with Crippen LogP contribution >= 0.6 is 0 Å². The number of hydrogen-bond acceptors (Lipinski definition) is 3. The highest BCUT2D eigenvalue weighted by molar-refractivity contribution is 5.89. The van der Waals surface area contributed by atoms with Gasteiger partial charge in [0.1, 0.15) is 5.78 Å². The molecule has 1 saturated carbocycles. The van der Waals surface area contributed by atoms with Gasteiger partial charge in [0.05, 0.1) is 6.10 Å². The Kier molecular flexibility index (Phi) is 1.43. The van der Waals surface area contributed by atoms with E-state index in [9.17, 15) is 9.90 Å². The Balaban J connectivity index is 1.83. The first-order chi connectivity index (χ1) is 6.21. The lowest BCUT2D eigenvalue weighted by Crippen LogP contribution is -2.48. The molecular formula is C10H15NO2. The number of ketones is 1. The molecule has 0 bridgehead atoms. The average Bonchev–Trinajstić information content (AvgIpc) is 2.79. The molecule has 0 aromatic rings. The quantitative estimate of drug-likeness (QED) is 0.579. The van der Waals surface area contributed by atoms with E-state index < -0.39 is 0 Å². The van der Waals surface area contributed by atoms with Crippen molar-refractivity contribution in [2.45, 2.75) is 37.8 Å². The van der Waals surface area contributed by atoms with Gasteiger partial charge in [0.15, 0.2) is 0 Å². The first-order valence-corrected chi connectivity index (χ1v) is 5.17. The van der Waals surface area contributed by atoms with Crippen molar-refractivity contribution in [1.29, 1.82) is 0 Å². The smallest absolute Gasteiger partial charge is 0.141 e. The van der Waals surface area contributed by atoms with Gasteiger partial charge in [0, 0.05) is 31.0 Å². The predicted molar refractivity (Wildman–Crippen MR) is 47.3 cm³/mol. The molecule has 0 radical (unpaired) electrons. The maximum absolute atomic E-state index is 11.7. The second kappa shape index (κ2) is 2.34. The third-order valence-electron chi connectivity index (χ3n) is 3.97. The van der Waals surface area contributed by atoms with Gasteiger partial charge in [-0.3, -0.25) is 9.69 Å². The Morgan fingerprint density at radius 3 is 2.92 bits per heavy atom. The Hall–Kier alpha value is -0.410. The van der Waals surface area contributed by atoms with E-state index in [1.807, 2.05) is 0 Å². The molecule has 2 heterocycles. The minimum Gasteiger partial charge on any atom is -0.391 e. The molecular weight excluding hydrogens is 166 g/mol. The molecule has 3 nitrogen and oxygen atoms in total. The van der Waals surface area contributed by atoms with Crippen molar-refractivity contribution >= 4 is 5.78 Å². The fourth-order valence-electron chi connectivity index (χ4n) is 2.83. The summed E-state index contributed by atoms with van der Waals surface area (Å²) in [6.07, 6.45) is 3.38. The topological polar surface area (TPSA) is 40.5 Å². The zero-order valence-corrected chi connectivity index (χ0v) is 7.70. The van der Waals surface area contributed by atoms with Crippen LogP contribution in [0.5, 0.6) is 0 Å². The van der Waals surface area contributed by atoms with Crippen molar-refractivity contribution < 1.29 is 9.90 Å². The van der Waals surface area contributed by atoms with E-state index in [4.69, 9.17) is 0 Å². The van der Waals surface area contributed by atoms with E-state index in [1.165, 1.54) is 0 Å². The lowest BCUT2D eigenvalue weighted by atomic mass is 9.88. The molecule has 0 aromatic carbocycles. The summed E-state index contributed by atoms with van der Waals surface area (Å²) in [5, 5.41) is 9.64. The molecule has 1 spiro atoms. The lowest BCUT2D eigenvalue weighted by molar-refractivity contribution is -0.130. The van der Waals surface area contributed by atoms with Crippen LogP contribution in [-0.2, 0) is 4.79 Å². The summed E-state index contributed by atoms with van der Waals surface area (Å²) in [5.74, 6) is 0.412. The molecule has 1 N–H and O–H groups in total. The molecule has 3 rings (SSSR count). The summed E-state index contributed by atoms with van der Waals surface area (Å²) >= 11 is 0. The summed E-state index contributed by atoms with van der Waals surface area (Å²) in [4.78, 5) is 14.0. The molecule has 1 aliphatic carbocycles. The summed E-state index contributed by atoms with van der Waals surface area (Å²) < 4.78 is 0. The minimum atomic E-state index is -0.250. The van der Waals surface area contributed by atoms with Gasteiger partial charge < -0.3 is 5.11 Å². The summed E-state index contributed by atoms with van der Waals surface area (Å²) in [7, 11) is 0. The largest absolute Gasteiger partial charge is 0.391 e. The molecule has 72 valence electrons. The number of rotatable bonds is 0. The summed E-state index contributed by atoms with van der Waals surface area (Å²) in [5.41, 5.74) is 0.0422. The third-order valence-corrected chi connectivity index (χ3v) is 3.97. The van der Waals surface area contributed by atoms with E-state index in [1.54, 1.807) is 0 Å². The van der Waals surface area contributed by atoms with E-state index in [-0.39, 0.29) is 17.6 Å². The van der Waals surface area contributed by atoms with Crippen LogP contribution in [0.15, 0.2) is 0 Å². The van der Waals surface area contributed by atoms with E-state index in [0.717, 1.165) is 32.4 Å². The zero-order valence-electron chi connectivity index (χ0n) is 7.70. The van der Waals surface area contributed by atoms with Crippen molar-refractivity contribution in [2.24, 2.45) is 5.41 Å². The van der Waals surface area contributed by atoms with Crippen LogP contribution in [-0.4, -0.2) is 41.0 Å². The van der Waals surface area contributed by atoms with Gasteiger partial charge in [0.25, 0.3) is 0 Å². The molecule has 0 amide bonds. The van der Waals surface area contributed by atoms with Gasteiger partial charge in [0.2, 0.25) is 0 Å². The number of carbonyl (C=O) groups is 1. The van der Waals surface area contributed by atoms with Gasteiger partial charge in [-0.15, -0.1) is 0 Å². The fourth-order valence-corrected chi connectivity index (χ4v) is 2.83. The molecule has 3 aliphatic rings. The molecule has 2 atom stereocenters. The fraction of sp³-hybridized carbons (Fsp3) is 0.900. The van der Waals surface area contributed by atoms with Crippen LogP contribution in [0.2, 0.25) is 0 Å². The van der Waals surface area contributed by atoms with Crippen LogP contribution in [0.4, 0.5) is 0 Å². The summed E-state index contributed by atoms with van der Waals surface area (Å²) in [6, 6.07) is 0.152. The van der Waals surface area contributed by atoms with Crippen LogP contribution in [0.25, 0.3) is 0 Å². The molecule has 0 aromatic heterocycles. The minimum absolute atomic E-state index is 0.0422. The molecule has 13 heavy (non-hydrogen) atoms. The summed E-state index contributed by atoms with van der Waals surface area (Å²) in [6.45, 7) is 1.91. The van der Waals surface area contributed by atoms with Crippen LogP contribution in [0.3, 0.4) is 0 Å². The third kappa shape index (κ3) is 1.00. The van der Waals surface area contributed by atoms with Gasteiger partial charge in [-0.25, -0.2) is 0 Å². The van der Waals surface area contributed by atoms with Crippen molar-refractivity contribution in [3.05, 3.63) is 0 Å². The van der Waals surface area contributed by atoms with Crippen LogP contribution in [0, 0.1) is 5.41 Å². The Labute approximate surface area is 77.7 Å². The number of carbonyl (C=O) groups excluding carboxylic acids is 1. The average molecular weight is 181 g/mol. The van der Waals surface area contributed by atoms with Crippen LogP contribution in [0.1, 0.15) is 25.7 Å². The standard InChI is InChI=1S/C10H15NO2/c12-8-1-4-11-6-10(2-3-10)9(13)5-7(8)11/h7-8,12H,1-6H2. The second-order valence-electron chi connectivity index (χ2n) is 4.80. The van der Waals surface area contributed by atoms with Crippen molar-refractivity contribution in [2.75, 3.05) is 13.1 Å². The van der Waals surface area contributed by atoms with E-state index in [0.29, 0.717) is 12.2 Å². The highest BCUT2D eigenvalue weighted by Gasteiger charge is 2.56. The number of aliphatic hydroxyl groups is 1. The highest BCUT2D eigenvalue weighted by atomic mass is 16.3. The predicted octanol–water partition coefficient (Wildman–Crippen LogP) is 0.175. The SMILES string of the molecule is O=C1CC2C(O)CCN2CC12CC2. The number of Topliss-reactive ketones (excluding diaryl/α,β-unsaturated/α-hetero) is 1. The first kappa shape index (κ1) is 7.94. The number of hydrogen-bond donors (Lipinski definition) is 1. The Bertz CT molecular complexity index is 260. The monoisotopic (exact) mass is 181 g/mol. The van der Waals surface area contributed by atoms with E-state index in [2.05, 4.69) is 4.90 Å². The van der Waals surface area contributed by atoms with E-state index >= 15 is 0 Å². The Morgan fingerprint density at radius 2 is 2.23 bits per heavy atom. The molecule has 3 heteroatoms. The maximum atomic E-state index is 11.7. The maximum Gasteiger partial charge on any atom is 0.141 e. The molecule has 3 fully saturated rings. The number of aliphatic hydroxyl groups excluding tert-OH is 1. The number of piperidine rings is 1. The first-order valence-electron chi connectivity index (χ1n) is 5.17. The second-order valence-corrected chi connectivity index (χ2v) is 4.80. The van der Waals surface area contributed by atoms with Gasteiger partial charge in [-0.1, -0.05) is 0 Å². The van der Waals surface area contributed by atoms with Gasteiger partial charge in [-0.2, -0.15) is 0 Å². The normalized spacial score (nSPS) is 42.4. The van der Waals surface area contributed by atoms with Crippen molar-refractivity contribution in [3.63, 3.8) is 0 Å². The molecule has 2 unspecified atom stereocenters. The lowest BCUT2D eigenvalue weighted by Gasteiger charge is -2.35. The van der Waals surface area contributed by atoms with Crippen molar-refractivity contribution in [1.82, 2.24) is 4.90 Å². The molecule has 2 saturated heterocycles. The van der Waals surface area contributed by atoms with Gasteiger partial charge in [-0.05, 0) is 19.3 Å². The number of nitrogens with zero attached hydrogens (tertiary/aromatic N) is 1. The Morgan fingerprint density at radius 1 is 1.46 bits per heavy atom. The van der Waals surface area contributed by atoms with Gasteiger partial charge >= 0.3 is 0 Å². The van der Waals surface area contributed by atoms with Crippen LogP contribution < -0.4 is 0 Å². The zero-order chi connectivity index (χ0) is 9.05. The number of fused-ring (bicyclic) bond motifs is 1.